The molecule has 28 heavy (non-hydrogen) atoms. The first-order valence-electron chi connectivity index (χ1n) is 10.1. The van der Waals surface area contributed by atoms with Crippen LogP contribution in [-0.2, 0) is 5.41 Å². The van der Waals surface area contributed by atoms with Gasteiger partial charge >= 0.3 is 0 Å². The molecule has 146 valence electrons. The van der Waals surface area contributed by atoms with Crippen LogP contribution in [0.25, 0.3) is 0 Å². The van der Waals surface area contributed by atoms with Crippen molar-refractivity contribution in [1.29, 1.82) is 0 Å². The fourth-order valence-electron chi connectivity index (χ4n) is 4.25. The number of phenolic OH excluding ortho intramolecular Hbond substituents is 1. The molecule has 1 N–H and O–H groups in total. The molecule has 1 nitrogen and oxygen atoms in total. The summed E-state index contributed by atoms with van der Waals surface area (Å²) >= 11 is 0. The van der Waals surface area contributed by atoms with Gasteiger partial charge in [0.25, 0.3) is 0 Å². The lowest BCUT2D eigenvalue weighted by atomic mass is 9.83. The lowest BCUT2D eigenvalue weighted by molar-refractivity contribution is 0.442. The normalized spacial score (nSPS) is 13.4. The van der Waals surface area contributed by atoms with Gasteiger partial charge in [0.1, 0.15) is 5.75 Å². The highest BCUT2D eigenvalue weighted by atomic mass is 28.3. The molecular formula is C26H32OSi. The number of hydrogen-bond acceptors (Lipinski definition) is 1. The van der Waals surface area contributed by atoms with Gasteiger partial charge < -0.3 is 5.11 Å². The molecule has 0 saturated heterocycles. The van der Waals surface area contributed by atoms with Gasteiger partial charge in [0.2, 0.25) is 0 Å². The van der Waals surface area contributed by atoms with E-state index in [9.17, 15) is 5.11 Å². The quantitative estimate of drug-likeness (QED) is 0.521. The van der Waals surface area contributed by atoms with Crippen LogP contribution >= 0.6 is 0 Å². The first kappa shape index (κ1) is 20.4. The molecule has 1 unspecified atom stereocenters. The van der Waals surface area contributed by atoms with Gasteiger partial charge in [-0.3, -0.25) is 0 Å². The largest absolute Gasteiger partial charge is 0.507 e. The Kier molecular flexibility index (Phi) is 5.54. The van der Waals surface area contributed by atoms with Crippen molar-refractivity contribution in [3.63, 3.8) is 0 Å². The van der Waals surface area contributed by atoms with Gasteiger partial charge in [0, 0.05) is 5.54 Å². The highest BCUT2D eigenvalue weighted by Gasteiger charge is 2.37. The average molecular weight is 389 g/mol. The highest BCUT2D eigenvalue weighted by Crippen LogP contribution is 2.40. The molecule has 0 amide bonds. The standard InChI is InChI=1S/C26H32OSi/c1-19-17-21(18-23(24(19)27)26(2,3)4)25(20-13-9-7-10-14-20)28(5,6)22-15-11-8-12-16-22/h7-18,25,27H,1-6H3. The minimum absolute atomic E-state index is 0.107. The first-order chi connectivity index (χ1) is 13.1. The summed E-state index contributed by atoms with van der Waals surface area (Å²) in [6, 6.07) is 26.2. The van der Waals surface area contributed by atoms with Crippen molar-refractivity contribution in [2.45, 2.75) is 51.7 Å². The number of phenols is 1. The molecule has 2 heteroatoms. The molecule has 0 aliphatic heterocycles. The lowest BCUT2D eigenvalue weighted by Crippen LogP contribution is -2.48. The summed E-state index contributed by atoms with van der Waals surface area (Å²) in [5.74, 6) is 0.433. The van der Waals surface area contributed by atoms with Crippen LogP contribution < -0.4 is 5.19 Å². The minimum atomic E-state index is -1.89. The molecule has 0 heterocycles. The molecule has 1 atom stereocenters. The zero-order chi connectivity index (χ0) is 20.5. The highest BCUT2D eigenvalue weighted by molar-refractivity contribution is 6.91. The lowest BCUT2D eigenvalue weighted by Gasteiger charge is -2.35. The topological polar surface area (TPSA) is 20.2 Å². The van der Waals surface area contributed by atoms with Crippen molar-refractivity contribution in [2.24, 2.45) is 0 Å². The van der Waals surface area contributed by atoms with Crippen LogP contribution in [0.3, 0.4) is 0 Å². The van der Waals surface area contributed by atoms with E-state index in [1.165, 1.54) is 16.3 Å². The van der Waals surface area contributed by atoms with Gasteiger partial charge in [-0.2, -0.15) is 0 Å². The third kappa shape index (κ3) is 3.93. The Morgan fingerprint density at radius 2 is 1.32 bits per heavy atom. The minimum Gasteiger partial charge on any atom is -0.507 e. The summed E-state index contributed by atoms with van der Waals surface area (Å²) in [6.45, 7) is 13.4. The third-order valence-corrected chi connectivity index (χ3v) is 9.77. The second-order valence-electron chi connectivity index (χ2n) is 9.42. The van der Waals surface area contributed by atoms with Gasteiger partial charge in [-0.25, -0.2) is 0 Å². The van der Waals surface area contributed by atoms with Gasteiger partial charge in [0.15, 0.2) is 0 Å². The van der Waals surface area contributed by atoms with E-state index >= 15 is 0 Å². The summed E-state index contributed by atoms with van der Waals surface area (Å²) in [7, 11) is -1.89. The first-order valence-corrected chi connectivity index (χ1v) is 13.1. The molecule has 0 spiro atoms. The van der Waals surface area contributed by atoms with E-state index in [4.69, 9.17) is 0 Å². The maximum atomic E-state index is 10.7. The summed E-state index contributed by atoms with van der Waals surface area (Å²) in [5, 5.41) is 12.2. The monoisotopic (exact) mass is 388 g/mol. The van der Waals surface area contributed by atoms with Crippen molar-refractivity contribution >= 4 is 13.3 Å². The molecule has 3 rings (SSSR count). The number of aromatic hydroxyl groups is 1. The molecule has 3 aromatic carbocycles. The van der Waals surface area contributed by atoms with E-state index in [2.05, 4.69) is 107 Å². The molecule has 0 saturated carbocycles. The SMILES string of the molecule is Cc1cc(C(c2ccccc2)[Si](C)(C)c2ccccc2)cc(C(C)(C)C)c1O. The molecule has 0 aliphatic carbocycles. The molecule has 0 aliphatic rings. The summed E-state index contributed by atoms with van der Waals surface area (Å²) < 4.78 is 0. The molecule has 0 bridgehead atoms. The number of benzene rings is 3. The molecule has 3 aromatic rings. The van der Waals surface area contributed by atoms with Crippen molar-refractivity contribution in [3.8, 4) is 5.75 Å². The number of hydrogen-bond donors (Lipinski definition) is 1. The van der Waals surface area contributed by atoms with E-state index in [1.807, 2.05) is 6.92 Å². The second-order valence-corrected chi connectivity index (χ2v) is 14.0. The molecule has 0 fully saturated rings. The Balaban J connectivity index is 2.26. The fourth-order valence-corrected chi connectivity index (χ4v) is 7.66. The van der Waals surface area contributed by atoms with E-state index in [0.717, 1.165) is 11.1 Å². The van der Waals surface area contributed by atoms with E-state index < -0.39 is 8.07 Å². The number of aryl methyl sites for hydroxylation is 1. The average Bonchev–Trinajstić information content (AvgIpc) is 2.65. The predicted molar refractivity (Wildman–Crippen MR) is 123 cm³/mol. The molecule has 0 aromatic heterocycles. The van der Waals surface area contributed by atoms with E-state index in [-0.39, 0.29) is 5.41 Å². The van der Waals surface area contributed by atoms with Gasteiger partial charge in [-0.15, -0.1) is 0 Å². The third-order valence-electron chi connectivity index (χ3n) is 5.84. The summed E-state index contributed by atoms with van der Waals surface area (Å²) in [5.41, 5.74) is 4.86. The summed E-state index contributed by atoms with van der Waals surface area (Å²) in [6.07, 6.45) is 0. The molecular weight excluding hydrogens is 356 g/mol. The van der Waals surface area contributed by atoms with E-state index in [1.54, 1.807) is 0 Å². The van der Waals surface area contributed by atoms with Gasteiger partial charge in [-0.1, -0.05) is 112 Å². The van der Waals surface area contributed by atoms with Crippen molar-refractivity contribution in [1.82, 2.24) is 0 Å². The predicted octanol–water partition coefficient (Wildman–Crippen LogP) is 6.28. The fraction of sp³-hybridized carbons (Fsp3) is 0.308. The Morgan fingerprint density at radius 1 is 0.786 bits per heavy atom. The zero-order valence-corrected chi connectivity index (χ0v) is 19.0. The van der Waals surface area contributed by atoms with Crippen LogP contribution in [0.1, 0.15) is 48.6 Å². The molecule has 0 radical (unpaired) electrons. The maximum Gasteiger partial charge on any atom is 0.122 e. The van der Waals surface area contributed by atoms with Crippen LogP contribution in [-0.4, -0.2) is 13.2 Å². The van der Waals surface area contributed by atoms with Crippen LogP contribution in [0.5, 0.6) is 5.75 Å². The van der Waals surface area contributed by atoms with E-state index in [0.29, 0.717) is 11.3 Å². The van der Waals surface area contributed by atoms with Crippen molar-refractivity contribution in [3.05, 3.63) is 95.1 Å². The van der Waals surface area contributed by atoms with Gasteiger partial charge in [-0.05, 0) is 34.6 Å². The van der Waals surface area contributed by atoms with Crippen LogP contribution in [0, 0.1) is 6.92 Å². The summed E-state index contributed by atoms with van der Waals surface area (Å²) in [4.78, 5) is 0. The second kappa shape index (κ2) is 7.60. The van der Waals surface area contributed by atoms with Crippen molar-refractivity contribution < 1.29 is 5.11 Å². The Morgan fingerprint density at radius 3 is 1.86 bits per heavy atom. The van der Waals surface area contributed by atoms with Crippen LogP contribution in [0.15, 0.2) is 72.8 Å². The zero-order valence-electron chi connectivity index (χ0n) is 18.0. The number of rotatable bonds is 4. The van der Waals surface area contributed by atoms with Crippen LogP contribution in [0.2, 0.25) is 13.1 Å². The van der Waals surface area contributed by atoms with Crippen LogP contribution in [0.4, 0.5) is 0 Å². The Bertz CT molecular complexity index is 937. The Labute approximate surface area is 171 Å². The van der Waals surface area contributed by atoms with Gasteiger partial charge in [0.05, 0.1) is 8.07 Å². The smallest absolute Gasteiger partial charge is 0.122 e. The van der Waals surface area contributed by atoms with Crippen molar-refractivity contribution in [2.75, 3.05) is 0 Å². The maximum absolute atomic E-state index is 10.7. The Hall–Kier alpha value is -2.32.